The molecule has 0 aliphatic heterocycles. The first-order valence-corrected chi connectivity index (χ1v) is 8.52. The molecule has 8 heteroatoms. The molecule has 0 aromatic heterocycles. The molecule has 0 saturated heterocycles. The van der Waals surface area contributed by atoms with E-state index in [2.05, 4.69) is 10.0 Å². The first kappa shape index (κ1) is 18.0. The van der Waals surface area contributed by atoms with Crippen LogP contribution in [0.2, 0.25) is 0 Å². The van der Waals surface area contributed by atoms with Crippen LogP contribution in [0.4, 0.5) is 5.69 Å². The maximum Gasteiger partial charge on any atom is 0.305 e. The van der Waals surface area contributed by atoms with Crippen molar-refractivity contribution in [3.63, 3.8) is 0 Å². The summed E-state index contributed by atoms with van der Waals surface area (Å²) in [5.41, 5.74) is 0.556. The highest BCUT2D eigenvalue weighted by molar-refractivity contribution is 7.92. The average Bonchev–Trinajstić information content (AvgIpc) is 2.37. The van der Waals surface area contributed by atoms with E-state index in [-0.39, 0.29) is 17.7 Å². The molecule has 0 saturated carbocycles. The van der Waals surface area contributed by atoms with Gasteiger partial charge in [-0.1, -0.05) is 13.0 Å². The number of carboxylic acid groups (broad SMARTS) is 1. The Morgan fingerprint density at radius 3 is 2.59 bits per heavy atom. The van der Waals surface area contributed by atoms with Gasteiger partial charge in [-0.3, -0.25) is 14.3 Å². The van der Waals surface area contributed by atoms with Gasteiger partial charge in [0, 0.05) is 17.3 Å². The highest BCUT2D eigenvalue weighted by Crippen LogP contribution is 2.13. The lowest BCUT2D eigenvalue weighted by atomic mass is 10.1. The van der Waals surface area contributed by atoms with Crippen LogP contribution in [0.3, 0.4) is 0 Å². The summed E-state index contributed by atoms with van der Waals surface area (Å²) < 4.78 is 25.8. The third kappa shape index (κ3) is 6.13. The number of hydrogen-bond donors (Lipinski definition) is 3. The van der Waals surface area contributed by atoms with E-state index in [4.69, 9.17) is 5.11 Å². The summed E-state index contributed by atoms with van der Waals surface area (Å²) in [7, 11) is -3.43. The predicted molar refractivity (Wildman–Crippen MR) is 83.3 cm³/mol. The summed E-state index contributed by atoms with van der Waals surface area (Å²) in [5.74, 6) is -1.46. The smallest absolute Gasteiger partial charge is 0.305 e. The second-order valence-corrected chi connectivity index (χ2v) is 6.82. The largest absolute Gasteiger partial charge is 0.481 e. The van der Waals surface area contributed by atoms with Gasteiger partial charge in [-0.05, 0) is 31.5 Å². The maximum absolute atomic E-state index is 12.0. The number of nitrogens with one attached hydrogen (secondary N) is 2. The number of amides is 1. The number of carbonyl (C=O) groups excluding carboxylic acids is 1. The molecule has 0 radical (unpaired) electrons. The molecule has 1 amide bonds. The third-order valence-corrected chi connectivity index (χ3v) is 4.22. The molecule has 1 atom stereocenters. The van der Waals surface area contributed by atoms with Gasteiger partial charge in [0.15, 0.2) is 0 Å². The van der Waals surface area contributed by atoms with Crippen LogP contribution in [0.15, 0.2) is 24.3 Å². The van der Waals surface area contributed by atoms with Crippen molar-refractivity contribution in [2.24, 2.45) is 0 Å². The zero-order valence-electron chi connectivity index (χ0n) is 12.5. The Hall–Kier alpha value is -2.09. The van der Waals surface area contributed by atoms with Gasteiger partial charge in [0.1, 0.15) is 0 Å². The Balaban J connectivity index is 2.79. The van der Waals surface area contributed by atoms with Crippen LogP contribution in [0.5, 0.6) is 0 Å². The molecule has 0 bridgehead atoms. The molecule has 1 unspecified atom stereocenters. The number of rotatable bonds is 8. The molecule has 0 aliphatic rings. The van der Waals surface area contributed by atoms with Crippen molar-refractivity contribution in [2.45, 2.75) is 32.7 Å². The summed E-state index contributed by atoms with van der Waals surface area (Å²) in [4.78, 5) is 22.6. The number of carboxylic acids is 1. The number of hydrogen-bond acceptors (Lipinski definition) is 4. The monoisotopic (exact) mass is 328 g/mol. The first-order chi connectivity index (χ1) is 10.2. The molecule has 0 fully saturated rings. The minimum absolute atomic E-state index is 0.000923. The number of sulfonamides is 1. The number of benzene rings is 1. The highest BCUT2D eigenvalue weighted by atomic mass is 32.2. The SMILES string of the molecule is CCCS(=O)(=O)Nc1cccc(C(=O)NC(C)CC(=O)O)c1. The zero-order valence-corrected chi connectivity index (χ0v) is 13.3. The van der Waals surface area contributed by atoms with E-state index < -0.39 is 27.9 Å². The fourth-order valence-electron chi connectivity index (χ4n) is 1.84. The van der Waals surface area contributed by atoms with Crippen molar-refractivity contribution in [3.05, 3.63) is 29.8 Å². The Morgan fingerprint density at radius 1 is 1.32 bits per heavy atom. The first-order valence-electron chi connectivity index (χ1n) is 6.86. The van der Waals surface area contributed by atoms with Crippen molar-refractivity contribution in [1.82, 2.24) is 5.32 Å². The zero-order chi connectivity index (χ0) is 16.8. The van der Waals surface area contributed by atoms with Gasteiger partial charge in [0.05, 0.1) is 12.2 Å². The van der Waals surface area contributed by atoms with Gasteiger partial charge in [0.2, 0.25) is 10.0 Å². The summed E-state index contributed by atoms with van der Waals surface area (Å²) in [6, 6.07) is 5.52. The van der Waals surface area contributed by atoms with Gasteiger partial charge in [-0.2, -0.15) is 0 Å². The molecule has 1 aromatic rings. The van der Waals surface area contributed by atoms with Crippen LogP contribution < -0.4 is 10.0 Å². The van der Waals surface area contributed by atoms with Crippen molar-refractivity contribution >= 4 is 27.6 Å². The third-order valence-electron chi connectivity index (χ3n) is 2.73. The Bertz CT molecular complexity index is 642. The van der Waals surface area contributed by atoms with E-state index in [0.717, 1.165) is 0 Å². The summed E-state index contributed by atoms with van der Waals surface area (Å²) in [6.45, 7) is 3.34. The number of aliphatic carboxylic acids is 1. The molecule has 22 heavy (non-hydrogen) atoms. The fraction of sp³-hybridized carbons (Fsp3) is 0.429. The molecule has 1 aromatic carbocycles. The number of anilines is 1. The molecular formula is C14H20N2O5S. The van der Waals surface area contributed by atoms with Crippen LogP contribution in [0, 0.1) is 0 Å². The van der Waals surface area contributed by atoms with E-state index in [0.29, 0.717) is 12.1 Å². The Labute approximate surface area is 129 Å². The summed E-state index contributed by atoms with van der Waals surface area (Å²) >= 11 is 0. The van der Waals surface area contributed by atoms with Crippen LogP contribution in [-0.4, -0.2) is 37.2 Å². The van der Waals surface area contributed by atoms with Crippen LogP contribution in [0.25, 0.3) is 0 Å². The highest BCUT2D eigenvalue weighted by Gasteiger charge is 2.14. The van der Waals surface area contributed by atoms with Crippen LogP contribution in [-0.2, 0) is 14.8 Å². The van der Waals surface area contributed by atoms with E-state index in [1.54, 1.807) is 26.0 Å². The number of carbonyl (C=O) groups is 2. The lowest BCUT2D eigenvalue weighted by Crippen LogP contribution is -2.34. The van der Waals surface area contributed by atoms with Gasteiger partial charge in [0.25, 0.3) is 5.91 Å². The molecule has 0 heterocycles. The van der Waals surface area contributed by atoms with Crippen LogP contribution >= 0.6 is 0 Å². The molecule has 1 rings (SSSR count). The Kier molecular flexibility index (Phi) is 6.36. The normalized spacial score (nSPS) is 12.5. The van der Waals surface area contributed by atoms with Crippen molar-refractivity contribution in [2.75, 3.05) is 10.5 Å². The van der Waals surface area contributed by atoms with Gasteiger partial charge < -0.3 is 10.4 Å². The van der Waals surface area contributed by atoms with Gasteiger partial charge >= 0.3 is 5.97 Å². The standard InChI is InChI=1S/C14H20N2O5S/c1-3-7-22(20,21)16-12-6-4-5-11(9-12)14(19)15-10(2)8-13(17)18/h4-6,9-10,16H,3,7-8H2,1-2H3,(H,15,19)(H,17,18). The minimum atomic E-state index is -3.43. The van der Waals surface area contributed by atoms with E-state index >= 15 is 0 Å². The Morgan fingerprint density at radius 2 is 2.00 bits per heavy atom. The second kappa shape index (κ2) is 7.79. The molecule has 0 aliphatic carbocycles. The molecular weight excluding hydrogens is 308 g/mol. The van der Waals surface area contributed by atoms with Crippen molar-refractivity contribution in [1.29, 1.82) is 0 Å². The maximum atomic E-state index is 12.0. The molecule has 0 spiro atoms. The fourth-order valence-corrected chi connectivity index (χ4v) is 2.97. The topological polar surface area (TPSA) is 113 Å². The van der Waals surface area contributed by atoms with Crippen molar-refractivity contribution < 1.29 is 23.1 Å². The summed E-state index contributed by atoms with van der Waals surface area (Å²) in [5, 5.41) is 11.2. The molecule has 3 N–H and O–H groups in total. The van der Waals surface area contributed by atoms with E-state index in [9.17, 15) is 18.0 Å². The van der Waals surface area contributed by atoms with Crippen LogP contribution in [0.1, 0.15) is 37.0 Å². The second-order valence-electron chi connectivity index (χ2n) is 4.97. The lowest BCUT2D eigenvalue weighted by molar-refractivity contribution is -0.137. The molecule has 7 nitrogen and oxygen atoms in total. The van der Waals surface area contributed by atoms with Gasteiger partial charge in [-0.15, -0.1) is 0 Å². The van der Waals surface area contributed by atoms with E-state index in [1.807, 2.05) is 0 Å². The van der Waals surface area contributed by atoms with Crippen molar-refractivity contribution in [3.8, 4) is 0 Å². The minimum Gasteiger partial charge on any atom is -0.481 e. The predicted octanol–water partition coefficient (Wildman–Crippen LogP) is 1.43. The lowest BCUT2D eigenvalue weighted by Gasteiger charge is -2.12. The molecule has 122 valence electrons. The summed E-state index contributed by atoms with van der Waals surface area (Å²) in [6.07, 6.45) is 0.302. The van der Waals surface area contributed by atoms with E-state index in [1.165, 1.54) is 12.1 Å². The quantitative estimate of drug-likeness (QED) is 0.668. The average molecular weight is 328 g/mol. The van der Waals surface area contributed by atoms with Gasteiger partial charge in [-0.25, -0.2) is 8.42 Å².